The van der Waals surface area contributed by atoms with Gasteiger partial charge < -0.3 is 20.7 Å². The Morgan fingerprint density at radius 2 is 1.69 bits per heavy atom. The van der Waals surface area contributed by atoms with E-state index in [0.717, 1.165) is 31.2 Å². The van der Waals surface area contributed by atoms with E-state index >= 15 is 0 Å². The molecule has 1 saturated carbocycles. The van der Waals surface area contributed by atoms with Crippen LogP contribution in [0.15, 0.2) is 78.9 Å². The Hall–Kier alpha value is -3.71. The highest BCUT2D eigenvalue weighted by Crippen LogP contribution is 2.26. The second-order valence-electron chi connectivity index (χ2n) is 8.86. The van der Waals surface area contributed by atoms with Crippen LogP contribution >= 0.6 is 0 Å². The van der Waals surface area contributed by atoms with Gasteiger partial charge in [-0.15, -0.1) is 0 Å². The van der Waals surface area contributed by atoms with E-state index in [-0.39, 0.29) is 30.5 Å². The van der Waals surface area contributed by atoms with Gasteiger partial charge in [0, 0.05) is 29.9 Å². The number of nitrogens with two attached hydrogens (primary N) is 1. The molecule has 0 unspecified atom stereocenters. The molecule has 6 nitrogen and oxygen atoms in total. The first-order valence-corrected chi connectivity index (χ1v) is 11.9. The lowest BCUT2D eigenvalue weighted by Crippen LogP contribution is -2.43. The first-order valence-electron chi connectivity index (χ1n) is 11.9. The molecule has 0 radical (unpaired) electrons. The number of hydrogen-bond donors (Lipinski definition) is 2. The Morgan fingerprint density at radius 3 is 2.43 bits per heavy atom. The minimum Gasteiger partial charge on any atom is -0.484 e. The second kappa shape index (κ2) is 11.6. The highest BCUT2D eigenvalue weighted by Gasteiger charge is 2.28. The third-order valence-electron chi connectivity index (χ3n) is 6.19. The summed E-state index contributed by atoms with van der Waals surface area (Å²) < 4.78 is 19.3. The van der Waals surface area contributed by atoms with Crippen LogP contribution in [-0.4, -0.2) is 35.4 Å². The van der Waals surface area contributed by atoms with Crippen molar-refractivity contribution in [2.24, 2.45) is 5.73 Å². The van der Waals surface area contributed by atoms with Gasteiger partial charge in [0.2, 0.25) is 0 Å². The lowest BCUT2D eigenvalue weighted by atomic mass is 9.90. The standard InChI is InChI=1S/C28H30FN3O3/c29-22-8-5-7-21(17-22)28(34)32(25-14-12-23(30)13-15-25)18-20-6-4-9-24(16-20)31-27(33)19-35-26-10-2-1-3-11-26/h1-11,16-17,23,25H,12-15,18-19,30H2,(H,31,33). The first kappa shape index (κ1) is 24.4. The topological polar surface area (TPSA) is 84.7 Å². The molecule has 4 rings (SSSR count). The second-order valence-corrected chi connectivity index (χ2v) is 8.86. The summed E-state index contributed by atoms with van der Waals surface area (Å²) in [7, 11) is 0. The predicted molar refractivity (Wildman–Crippen MR) is 134 cm³/mol. The van der Waals surface area contributed by atoms with Crippen molar-refractivity contribution in [1.82, 2.24) is 4.90 Å². The number of hydrogen-bond acceptors (Lipinski definition) is 4. The summed E-state index contributed by atoms with van der Waals surface area (Å²) in [5.41, 5.74) is 7.89. The van der Waals surface area contributed by atoms with E-state index in [1.807, 2.05) is 36.4 Å². The monoisotopic (exact) mass is 475 g/mol. The summed E-state index contributed by atoms with van der Waals surface area (Å²) in [6, 6.07) is 22.5. The van der Waals surface area contributed by atoms with E-state index in [1.165, 1.54) is 12.1 Å². The molecule has 182 valence electrons. The summed E-state index contributed by atoms with van der Waals surface area (Å²) in [6.07, 6.45) is 3.29. The summed E-state index contributed by atoms with van der Waals surface area (Å²) in [4.78, 5) is 27.6. The molecule has 1 fully saturated rings. The Kier molecular flexibility index (Phi) is 8.11. The average Bonchev–Trinajstić information content (AvgIpc) is 2.87. The van der Waals surface area contributed by atoms with Crippen LogP contribution in [0.1, 0.15) is 41.6 Å². The van der Waals surface area contributed by atoms with Crippen LogP contribution in [0.2, 0.25) is 0 Å². The number of halogens is 1. The Labute approximate surface area is 204 Å². The van der Waals surface area contributed by atoms with Crippen LogP contribution in [0.4, 0.5) is 10.1 Å². The van der Waals surface area contributed by atoms with Crippen molar-refractivity contribution in [3.8, 4) is 5.75 Å². The molecule has 7 heteroatoms. The first-order chi connectivity index (χ1) is 17.0. The highest BCUT2D eigenvalue weighted by molar-refractivity contribution is 5.94. The van der Waals surface area contributed by atoms with Gasteiger partial charge in [-0.3, -0.25) is 9.59 Å². The van der Waals surface area contributed by atoms with E-state index in [0.29, 0.717) is 23.5 Å². The fourth-order valence-electron chi connectivity index (χ4n) is 4.37. The summed E-state index contributed by atoms with van der Waals surface area (Å²) in [5.74, 6) is -0.311. The highest BCUT2D eigenvalue weighted by atomic mass is 19.1. The van der Waals surface area contributed by atoms with Crippen LogP contribution in [-0.2, 0) is 11.3 Å². The fraction of sp³-hybridized carbons (Fsp3) is 0.286. The lowest BCUT2D eigenvalue weighted by Gasteiger charge is -2.36. The van der Waals surface area contributed by atoms with Gasteiger partial charge in [0.15, 0.2) is 6.61 Å². The predicted octanol–water partition coefficient (Wildman–Crippen LogP) is 4.76. The van der Waals surface area contributed by atoms with Crippen LogP contribution in [0, 0.1) is 5.82 Å². The van der Waals surface area contributed by atoms with Crippen molar-refractivity contribution in [2.75, 3.05) is 11.9 Å². The van der Waals surface area contributed by atoms with Crippen molar-refractivity contribution in [2.45, 2.75) is 44.3 Å². The average molecular weight is 476 g/mol. The van der Waals surface area contributed by atoms with Crippen LogP contribution in [0.5, 0.6) is 5.75 Å². The van der Waals surface area contributed by atoms with Crippen molar-refractivity contribution in [3.05, 3.63) is 95.8 Å². The molecule has 0 bridgehead atoms. The maximum absolute atomic E-state index is 13.8. The van der Waals surface area contributed by atoms with Gasteiger partial charge >= 0.3 is 0 Å². The number of nitrogens with one attached hydrogen (secondary N) is 1. The molecule has 0 atom stereocenters. The van der Waals surface area contributed by atoms with Gasteiger partial charge in [-0.2, -0.15) is 0 Å². The maximum atomic E-state index is 13.8. The minimum atomic E-state index is -0.441. The number of carbonyl (C=O) groups is 2. The quantitative estimate of drug-likeness (QED) is 0.492. The molecule has 3 aromatic rings. The number of carbonyl (C=O) groups excluding carboxylic acids is 2. The van der Waals surface area contributed by atoms with E-state index in [2.05, 4.69) is 5.32 Å². The van der Waals surface area contributed by atoms with Crippen molar-refractivity contribution >= 4 is 17.5 Å². The van der Waals surface area contributed by atoms with Gasteiger partial charge in [0.1, 0.15) is 11.6 Å². The zero-order valence-electron chi connectivity index (χ0n) is 19.5. The van der Waals surface area contributed by atoms with Gasteiger partial charge in [-0.25, -0.2) is 4.39 Å². The van der Waals surface area contributed by atoms with Crippen molar-refractivity contribution in [3.63, 3.8) is 0 Å². The third kappa shape index (κ3) is 6.90. The van der Waals surface area contributed by atoms with E-state index in [4.69, 9.17) is 10.5 Å². The molecule has 0 aliphatic heterocycles. The summed E-state index contributed by atoms with van der Waals surface area (Å²) in [5, 5.41) is 2.85. The van der Waals surface area contributed by atoms with Crippen LogP contribution in [0.3, 0.4) is 0 Å². The number of ether oxygens (including phenoxy) is 1. The molecule has 1 aliphatic carbocycles. The Balaban J connectivity index is 1.46. The molecular weight excluding hydrogens is 445 g/mol. The molecule has 0 heterocycles. The van der Waals surface area contributed by atoms with Gasteiger partial charge in [0.25, 0.3) is 11.8 Å². The van der Waals surface area contributed by atoms with Crippen LogP contribution in [0.25, 0.3) is 0 Å². The Bertz CT molecular complexity index is 1150. The van der Waals surface area contributed by atoms with Crippen molar-refractivity contribution in [1.29, 1.82) is 0 Å². The molecule has 35 heavy (non-hydrogen) atoms. The third-order valence-corrected chi connectivity index (χ3v) is 6.19. The molecule has 3 N–H and O–H groups in total. The van der Waals surface area contributed by atoms with E-state index in [9.17, 15) is 14.0 Å². The summed E-state index contributed by atoms with van der Waals surface area (Å²) in [6.45, 7) is 0.236. The smallest absolute Gasteiger partial charge is 0.262 e. The van der Waals surface area contributed by atoms with Crippen molar-refractivity contribution < 1.29 is 18.7 Å². The molecule has 2 amide bonds. The zero-order chi connectivity index (χ0) is 24.6. The number of anilines is 1. The maximum Gasteiger partial charge on any atom is 0.262 e. The number of amides is 2. The number of benzene rings is 3. The molecular formula is C28H30FN3O3. The molecule has 1 aliphatic rings. The summed E-state index contributed by atoms with van der Waals surface area (Å²) >= 11 is 0. The van der Waals surface area contributed by atoms with Gasteiger partial charge in [-0.05, 0) is 73.7 Å². The molecule has 0 saturated heterocycles. The number of rotatable bonds is 8. The number of para-hydroxylation sites is 1. The lowest BCUT2D eigenvalue weighted by molar-refractivity contribution is -0.118. The normalized spacial score (nSPS) is 17.4. The zero-order valence-corrected chi connectivity index (χ0v) is 19.5. The van der Waals surface area contributed by atoms with Gasteiger partial charge in [-0.1, -0.05) is 36.4 Å². The number of nitrogens with zero attached hydrogens (tertiary/aromatic N) is 1. The minimum absolute atomic E-state index is 0.0167. The van der Waals surface area contributed by atoms with Crippen LogP contribution < -0.4 is 15.8 Å². The molecule has 0 aromatic heterocycles. The van der Waals surface area contributed by atoms with E-state index in [1.54, 1.807) is 35.2 Å². The Morgan fingerprint density at radius 1 is 0.943 bits per heavy atom. The molecule has 0 spiro atoms. The largest absolute Gasteiger partial charge is 0.484 e. The molecule has 3 aromatic carbocycles. The van der Waals surface area contributed by atoms with Gasteiger partial charge in [0.05, 0.1) is 0 Å². The SMILES string of the molecule is NC1CCC(N(Cc2cccc(NC(=O)COc3ccccc3)c2)C(=O)c2cccc(F)c2)CC1. The van der Waals surface area contributed by atoms with E-state index < -0.39 is 5.82 Å². The fourth-order valence-corrected chi connectivity index (χ4v) is 4.37.